The summed E-state index contributed by atoms with van der Waals surface area (Å²) in [5.41, 5.74) is 2.71. The van der Waals surface area contributed by atoms with E-state index in [-0.39, 0.29) is 0 Å². The van der Waals surface area contributed by atoms with Crippen molar-refractivity contribution in [3.05, 3.63) is 71.8 Å². The van der Waals surface area contributed by atoms with Crippen molar-refractivity contribution in [2.24, 2.45) is 0 Å². The molecule has 0 aliphatic carbocycles. The van der Waals surface area contributed by atoms with Crippen molar-refractivity contribution in [1.29, 1.82) is 0 Å². The van der Waals surface area contributed by atoms with Crippen molar-refractivity contribution in [3.63, 3.8) is 0 Å². The van der Waals surface area contributed by atoms with Crippen LogP contribution in [0, 0.1) is 0 Å². The van der Waals surface area contributed by atoms with Crippen LogP contribution in [0.25, 0.3) is 0 Å². The quantitative estimate of drug-likeness (QED) is 0.881. The van der Waals surface area contributed by atoms with Crippen LogP contribution in [-0.2, 0) is 0 Å². The number of hydrogen-bond acceptors (Lipinski definition) is 2. The van der Waals surface area contributed by atoms with Gasteiger partial charge in [-0.05, 0) is 29.7 Å². The Morgan fingerprint density at radius 3 is 2.05 bits per heavy atom. The molecule has 0 bridgehead atoms. The summed E-state index contributed by atoms with van der Waals surface area (Å²) in [7, 11) is 0. The highest BCUT2D eigenvalue weighted by Gasteiger charge is 2.25. The number of thioether (sulfide) groups is 1. The van der Waals surface area contributed by atoms with Gasteiger partial charge in [0.25, 0.3) is 0 Å². The van der Waals surface area contributed by atoms with E-state index in [0.717, 1.165) is 0 Å². The number of benzene rings is 2. The van der Waals surface area contributed by atoms with Crippen LogP contribution in [0.2, 0.25) is 0 Å². The monoisotopic (exact) mass is 297 g/mol. The van der Waals surface area contributed by atoms with Gasteiger partial charge in [0.05, 0.1) is 6.04 Å². The van der Waals surface area contributed by atoms with E-state index in [4.69, 9.17) is 0 Å². The molecule has 0 aromatic heterocycles. The average molecular weight is 297 g/mol. The van der Waals surface area contributed by atoms with Gasteiger partial charge in [0, 0.05) is 11.3 Å². The predicted molar refractivity (Wildman–Crippen MR) is 92.8 cm³/mol. The minimum Gasteiger partial charge on any atom is -0.302 e. The van der Waals surface area contributed by atoms with Crippen molar-refractivity contribution < 1.29 is 0 Å². The maximum atomic E-state index is 3.92. The smallest absolute Gasteiger partial charge is 0.0579 e. The summed E-state index contributed by atoms with van der Waals surface area (Å²) in [6, 6.07) is 22.5. The Bertz CT molecular complexity index is 501. The van der Waals surface area contributed by atoms with E-state index in [0.29, 0.717) is 17.3 Å². The Kier molecular flexibility index (Phi) is 5.00. The van der Waals surface area contributed by atoms with Gasteiger partial charge in [-0.1, -0.05) is 67.6 Å². The Morgan fingerprint density at radius 1 is 0.952 bits per heavy atom. The molecule has 0 amide bonds. The molecule has 1 saturated heterocycles. The van der Waals surface area contributed by atoms with Gasteiger partial charge >= 0.3 is 0 Å². The second-order valence-corrected chi connectivity index (χ2v) is 7.23. The van der Waals surface area contributed by atoms with Gasteiger partial charge in [0.1, 0.15) is 0 Å². The summed E-state index contributed by atoms with van der Waals surface area (Å²) < 4.78 is 0. The lowest BCUT2D eigenvalue weighted by molar-refractivity contribution is 0.430. The van der Waals surface area contributed by atoms with E-state index in [9.17, 15) is 0 Å². The first-order valence-electron chi connectivity index (χ1n) is 7.82. The molecule has 2 aromatic carbocycles. The maximum Gasteiger partial charge on any atom is 0.0579 e. The first-order chi connectivity index (χ1) is 10.3. The van der Waals surface area contributed by atoms with Crippen molar-refractivity contribution in [1.82, 2.24) is 5.32 Å². The maximum absolute atomic E-state index is 3.92. The summed E-state index contributed by atoms with van der Waals surface area (Å²) >= 11 is 2.10. The van der Waals surface area contributed by atoms with Gasteiger partial charge in [-0.25, -0.2) is 0 Å². The van der Waals surface area contributed by atoms with Gasteiger partial charge in [0.2, 0.25) is 0 Å². The number of hydrogen-bond donors (Lipinski definition) is 1. The first-order valence-corrected chi connectivity index (χ1v) is 8.87. The van der Waals surface area contributed by atoms with Crippen molar-refractivity contribution in [2.45, 2.75) is 37.1 Å². The molecule has 110 valence electrons. The number of rotatable bonds is 4. The van der Waals surface area contributed by atoms with Crippen LogP contribution in [0.1, 0.15) is 36.9 Å². The predicted octanol–water partition coefficient (Wildman–Crippen LogP) is 4.65. The summed E-state index contributed by atoms with van der Waals surface area (Å²) in [6.45, 7) is 2.36. The van der Waals surface area contributed by atoms with Gasteiger partial charge in [-0.15, -0.1) is 0 Å². The molecule has 1 fully saturated rings. The molecule has 0 saturated carbocycles. The molecular formula is C19H23NS. The molecule has 2 atom stereocenters. The van der Waals surface area contributed by atoms with Gasteiger partial charge in [-0.2, -0.15) is 11.8 Å². The second-order valence-electron chi connectivity index (χ2n) is 5.75. The molecule has 2 aromatic rings. The highest BCUT2D eigenvalue weighted by atomic mass is 32.2. The third kappa shape index (κ3) is 3.69. The zero-order valence-corrected chi connectivity index (χ0v) is 13.4. The van der Waals surface area contributed by atoms with Gasteiger partial charge in [0.15, 0.2) is 0 Å². The molecule has 1 N–H and O–H groups in total. The standard InChI is InChI=1S/C19H23NS/c1-15-18(13-8-14-21-15)20-19(16-9-4-2-5-10-16)17-11-6-3-7-12-17/h2-7,9-12,15,18-20H,8,13-14H2,1H3. The first kappa shape index (κ1) is 14.7. The van der Waals surface area contributed by atoms with Crippen LogP contribution in [-0.4, -0.2) is 17.0 Å². The fourth-order valence-electron chi connectivity index (χ4n) is 3.03. The molecule has 3 rings (SSSR count). The lowest BCUT2D eigenvalue weighted by atomic mass is 9.96. The number of nitrogens with one attached hydrogen (secondary N) is 1. The Morgan fingerprint density at radius 2 is 1.52 bits per heavy atom. The van der Waals surface area contributed by atoms with Crippen molar-refractivity contribution >= 4 is 11.8 Å². The fraction of sp³-hybridized carbons (Fsp3) is 0.368. The fourth-order valence-corrected chi connectivity index (χ4v) is 4.18. The zero-order chi connectivity index (χ0) is 14.5. The molecule has 2 heteroatoms. The third-order valence-electron chi connectivity index (χ3n) is 4.25. The molecule has 1 nitrogen and oxygen atoms in total. The van der Waals surface area contributed by atoms with Gasteiger partial charge < -0.3 is 5.32 Å². The summed E-state index contributed by atoms with van der Waals surface area (Å²) in [4.78, 5) is 0. The Balaban J connectivity index is 1.86. The largest absolute Gasteiger partial charge is 0.302 e. The lowest BCUT2D eigenvalue weighted by Gasteiger charge is -2.33. The van der Waals surface area contributed by atoms with E-state index in [1.807, 2.05) is 0 Å². The molecule has 0 spiro atoms. The molecule has 1 aliphatic heterocycles. The van der Waals surface area contributed by atoms with Gasteiger partial charge in [-0.3, -0.25) is 0 Å². The summed E-state index contributed by atoms with van der Waals surface area (Å²) in [6.07, 6.45) is 2.60. The van der Waals surface area contributed by atoms with Crippen molar-refractivity contribution in [3.8, 4) is 0 Å². The minimum atomic E-state index is 0.290. The summed E-state index contributed by atoms with van der Waals surface area (Å²) in [5.74, 6) is 1.31. The second kappa shape index (κ2) is 7.15. The van der Waals surface area contributed by atoms with Crippen LogP contribution in [0.15, 0.2) is 60.7 Å². The molecular weight excluding hydrogens is 274 g/mol. The van der Waals surface area contributed by atoms with E-state index in [2.05, 4.69) is 84.7 Å². The molecule has 2 unspecified atom stereocenters. The zero-order valence-electron chi connectivity index (χ0n) is 12.5. The van der Waals surface area contributed by atoms with Crippen LogP contribution >= 0.6 is 11.8 Å². The van der Waals surface area contributed by atoms with E-state index >= 15 is 0 Å². The van der Waals surface area contributed by atoms with E-state index in [1.165, 1.54) is 29.7 Å². The highest BCUT2D eigenvalue weighted by Crippen LogP contribution is 2.29. The summed E-state index contributed by atoms with van der Waals surface area (Å²) in [5, 5.41) is 4.61. The van der Waals surface area contributed by atoms with E-state index in [1.54, 1.807) is 0 Å². The Hall–Kier alpha value is -1.25. The van der Waals surface area contributed by atoms with Crippen LogP contribution in [0.4, 0.5) is 0 Å². The van der Waals surface area contributed by atoms with Crippen molar-refractivity contribution in [2.75, 3.05) is 5.75 Å². The van der Waals surface area contributed by atoms with E-state index < -0.39 is 0 Å². The molecule has 1 heterocycles. The minimum absolute atomic E-state index is 0.290. The molecule has 21 heavy (non-hydrogen) atoms. The SMILES string of the molecule is CC1SCCCC1NC(c1ccccc1)c1ccccc1. The third-order valence-corrected chi connectivity index (χ3v) is 5.63. The highest BCUT2D eigenvalue weighted by molar-refractivity contribution is 7.99. The normalized spacial score (nSPS) is 22.4. The lowest BCUT2D eigenvalue weighted by Crippen LogP contribution is -2.41. The Labute approximate surface area is 132 Å². The van der Waals surface area contributed by atoms with Crippen LogP contribution in [0.5, 0.6) is 0 Å². The topological polar surface area (TPSA) is 12.0 Å². The molecule has 0 radical (unpaired) electrons. The van der Waals surface area contributed by atoms with Crippen LogP contribution in [0.3, 0.4) is 0 Å². The molecule has 1 aliphatic rings. The average Bonchev–Trinajstić information content (AvgIpc) is 2.56. The van der Waals surface area contributed by atoms with Crippen LogP contribution < -0.4 is 5.32 Å².